The molecule has 2 aromatic carbocycles. The lowest BCUT2D eigenvalue weighted by Crippen LogP contribution is -2.11. The summed E-state index contributed by atoms with van der Waals surface area (Å²) in [5.74, 6) is 0.110. The van der Waals surface area contributed by atoms with Crippen LogP contribution in [0.3, 0.4) is 0 Å². The fraction of sp³-hybridized carbons (Fsp3) is 0.286. The first-order valence-corrected chi connectivity index (χ1v) is 10.9. The molecule has 3 aromatic rings. The topological polar surface area (TPSA) is 50.1 Å². The molecule has 1 unspecified atom stereocenters. The predicted octanol–water partition coefficient (Wildman–Crippen LogP) is 6.25. The number of anilines is 1. The lowest BCUT2D eigenvalue weighted by atomic mass is 10.2. The van der Waals surface area contributed by atoms with Gasteiger partial charge >= 0.3 is 6.18 Å². The van der Waals surface area contributed by atoms with Gasteiger partial charge in [-0.05, 0) is 67.6 Å². The Morgan fingerprint density at radius 3 is 2.47 bits per heavy atom. The zero-order chi connectivity index (χ0) is 21.5. The summed E-state index contributed by atoms with van der Waals surface area (Å²) in [5, 5.41) is 17.7. The van der Waals surface area contributed by atoms with Gasteiger partial charge in [-0.2, -0.15) is 18.3 Å². The molecule has 1 aliphatic carbocycles. The van der Waals surface area contributed by atoms with Crippen molar-refractivity contribution < 1.29 is 18.3 Å². The van der Waals surface area contributed by atoms with Gasteiger partial charge in [0.15, 0.2) is 11.9 Å². The normalized spacial score (nSPS) is 15.3. The molecule has 30 heavy (non-hydrogen) atoms. The Labute approximate surface area is 181 Å². The average Bonchev–Trinajstić information content (AvgIpc) is 3.45. The molecule has 1 heterocycles. The molecule has 1 atom stereocenters. The van der Waals surface area contributed by atoms with Crippen molar-refractivity contribution in [2.24, 2.45) is 0 Å². The van der Waals surface area contributed by atoms with Crippen molar-refractivity contribution in [1.82, 2.24) is 9.78 Å². The van der Waals surface area contributed by atoms with Gasteiger partial charge in [-0.15, -0.1) is 11.8 Å². The summed E-state index contributed by atoms with van der Waals surface area (Å²) in [4.78, 5) is 0.970. The van der Waals surface area contributed by atoms with Gasteiger partial charge in [-0.25, -0.2) is 4.68 Å². The summed E-state index contributed by atoms with van der Waals surface area (Å²) in [6.45, 7) is 0. The van der Waals surface area contributed by atoms with Gasteiger partial charge in [-0.3, -0.25) is 0 Å². The molecule has 0 aliphatic heterocycles. The van der Waals surface area contributed by atoms with Crippen molar-refractivity contribution in [2.45, 2.75) is 36.1 Å². The van der Waals surface area contributed by atoms with E-state index in [1.165, 1.54) is 16.4 Å². The van der Waals surface area contributed by atoms with Crippen LogP contribution in [0.2, 0.25) is 5.02 Å². The van der Waals surface area contributed by atoms with Crippen LogP contribution < -0.4 is 5.32 Å². The molecule has 0 saturated heterocycles. The largest absolute Gasteiger partial charge is 0.435 e. The molecule has 4 rings (SSSR count). The molecule has 2 N–H and O–H groups in total. The van der Waals surface area contributed by atoms with E-state index in [0.29, 0.717) is 27.7 Å². The Morgan fingerprint density at radius 2 is 1.87 bits per heavy atom. The van der Waals surface area contributed by atoms with E-state index in [0.717, 1.165) is 23.8 Å². The predicted molar refractivity (Wildman–Crippen MR) is 112 cm³/mol. The standard InChI is InChI=1S/C21H19ClF3N3OS/c1-30-15-8-9-17(22)16(10-15)20(29)26-13-4-6-14(7-5-13)28-18(12-2-3-12)11-19(27-28)21(23,24)25/h4-12,20,26,29H,2-3H2,1H3. The number of rotatable bonds is 6. The Kier molecular flexibility index (Phi) is 5.74. The number of alkyl halides is 3. The minimum Gasteiger partial charge on any atom is -0.369 e. The van der Waals surface area contributed by atoms with Crippen LogP contribution in [-0.4, -0.2) is 21.1 Å². The highest BCUT2D eigenvalue weighted by Crippen LogP contribution is 2.43. The maximum absolute atomic E-state index is 13.1. The molecule has 1 saturated carbocycles. The summed E-state index contributed by atoms with van der Waals surface area (Å²) in [5.41, 5.74) is 1.38. The van der Waals surface area contributed by atoms with Gasteiger partial charge in [0.05, 0.1) is 5.69 Å². The zero-order valence-corrected chi connectivity index (χ0v) is 17.5. The number of nitrogens with one attached hydrogen (secondary N) is 1. The first-order chi connectivity index (χ1) is 14.3. The average molecular weight is 454 g/mol. The van der Waals surface area contributed by atoms with E-state index in [2.05, 4.69) is 10.4 Å². The molecule has 1 fully saturated rings. The number of benzene rings is 2. The van der Waals surface area contributed by atoms with Crippen LogP contribution in [0.15, 0.2) is 53.4 Å². The highest BCUT2D eigenvalue weighted by molar-refractivity contribution is 7.98. The van der Waals surface area contributed by atoms with Crippen LogP contribution >= 0.6 is 23.4 Å². The lowest BCUT2D eigenvalue weighted by Gasteiger charge is -2.17. The second-order valence-electron chi connectivity index (χ2n) is 7.12. The third-order valence-corrected chi connectivity index (χ3v) is 6.01. The lowest BCUT2D eigenvalue weighted by molar-refractivity contribution is -0.141. The SMILES string of the molecule is CSc1ccc(Cl)c(C(O)Nc2ccc(-n3nc(C(F)(F)F)cc3C3CC3)cc2)c1. The van der Waals surface area contributed by atoms with Crippen LogP contribution in [0.1, 0.15) is 41.9 Å². The van der Waals surface area contributed by atoms with Crippen molar-refractivity contribution in [3.05, 3.63) is 70.5 Å². The maximum atomic E-state index is 13.1. The number of nitrogens with zero attached hydrogens (tertiary/aromatic N) is 2. The van der Waals surface area contributed by atoms with Crippen LogP contribution in [0.5, 0.6) is 0 Å². The van der Waals surface area contributed by atoms with E-state index >= 15 is 0 Å². The number of aliphatic hydroxyl groups excluding tert-OH is 1. The van der Waals surface area contributed by atoms with Crippen LogP contribution in [0, 0.1) is 0 Å². The van der Waals surface area contributed by atoms with E-state index in [1.54, 1.807) is 30.3 Å². The summed E-state index contributed by atoms with van der Waals surface area (Å²) >= 11 is 7.74. The Balaban J connectivity index is 1.56. The minimum atomic E-state index is -4.48. The number of aliphatic hydroxyl groups is 1. The van der Waals surface area contributed by atoms with E-state index in [4.69, 9.17) is 11.6 Å². The molecule has 1 aromatic heterocycles. The van der Waals surface area contributed by atoms with Crippen LogP contribution in [0.25, 0.3) is 5.69 Å². The van der Waals surface area contributed by atoms with E-state index in [1.807, 2.05) is 18.4 Å². The molecule has 158 valence electrons. The fourth-order valence-corrected chi connectivity index (χ4v) is 3.87. The number of thioether (sulfide) groups is 1. The molecule has 0 amide bonds. The number of hydrogen-bond donors (Lipinski definition) is 2. The van der Waals surface area contributed by atoms with E-state index in [-0.39, 0.29) is 5.92 Å². The Bertz CT molecular complexity index is 1050. The van der Waals surface area contributed by atoms with Crippen LogP contribution in [0.4, 0.5) is 18.9 Å². The summed E-state index contributed by atoms with van der Waals surface area (Å²) in [6, 6.07) is 13.3. The fourth-order valence-electron chi connectivity index (χ4n) is 3.20. The van der Waals surface area contributed by atoms with Crippen molar-refractivity contribution in [2.75, 3.05) is 11.6 Å². The molecule has 0 bridgehead atoms. The zero-order valence-electron chi connectivity index (χ0n) is 15.9. The first kappa shape index (κ1) is 21.1. The highest BCUT2D eigenvalue weighted by atomic mass is 35.5. The third kappa shape index (κ3) is 4.45. The highest BCUT2D eigenvalue weighted by Gasteiger charge is 2.38. The van der Waals surface area contributed by atoms with Gasteiger partial charge in [0.25, 0.3) is 0 Å². The molecular weight excluding hydrogens is 435 g/mol. The number of aromatic nitrogens is 2. The molecular formula is C21H19ClF3N3OS. The van der Waals surface area contributed by atoms with Crippen molar-refractivity contribution in [3.63, 3.8) is 0 Å². The van der Waals surface area contributed by atoms with Crippen molar-refractivity contribution >= 4 is 29.1 Å². The quantitative estimate of drug-likeness (QED) is 0.342. The maximum Gasteiger partial charge on any atom is 0.435 e. The van der Waals surface area contributed by atoms with Crippen LogP contribution in [-0.2, 0) is 6.18 Å². The first-order valence-electron chi connectivity index (χ1n) is 9.32. The monoisotopic (exact) mass is 453 g/mol. The van der Waals surface area contributed by atoms with Crippen molar-refractivity contribution in [3.8, 4) is 5.69 Å². The second kappa shape index (κ2) is 8.17. The minimum absolute atomic E-state index is 0.110. The summed E-state index contributed by atoms with van der Waals surface area (Å²) in [7, 11) is 0. The van der Waals surface area contributed by atoms with Crippen molar-refractivity contribution in [1.29, 1.82) is 0 Å². The molecule has 0 spiro atoms. The van der Waals surface area contributed by atoms with Gasteiger partial charge in [0.1, 0.15) is 0 Å². The number of hydrogen-bond acceptors (Lipinski definition) is 4. The Hall–Kier alpha value is -2.16. The molecule has 0 radical (unpaired) electrons. The number of halogens is 4. The van der Waals surface area contributed by atoms with Gasteiger partial charge in [-0.1, -0.05) is 11.6 Å². The molecule has 1 aliphatic rings. The Morgan fingerprint density at radius 1 is 1.17 bits per heavy atom. The van der Waals surface area contributed by atoms with E-state index < -0.39 is 18.1 Å². The van der Waals surface area contributed by atoms with Gasteiger partial charge < -0.3 is 10.4 Å². The molecule has 4 nitrogen and oxygen atoms in total. The molecule has 9 heteroatoms. The smallest absolute Gasteiger partial charge is 0.369 e. The third-order valence-electron chi connectivity index (χ3n) is 4.94. The second-order valence-corrected chi connectivity index (χ2v) is 8.41. The van der Waals surface area contributed by atoms with Gasteiger partial charge in [0, 0.05) is 32.8 Å². The van der Waals surface area contributed by atoms with Gasteiger partial charge in [0.2, 0.25) is 0 Å². The summed E-state index contributed by atoms with van der Waals surface area (Å²) < 4.78 is 40.7. The van der Waals surface area contributed by atoms with E-state index in [9.17, 15) is 18.3 Å². The summed E-state index contributed by atoms with van der Waals surface area (Å²) in [6.07, 6.45) is -1.85.